The smallest absolute Gasteiger partial charge is 0.317 e. The van der Waals surface area contributed by atoms with Gasteiger partial charge in [-0.05, 0) is 49.6 Å². The van der Waals surface area contributed by atoms with Crippen LogP contribution in [-0.2, 0) is 0 Å². The fraction of sp³-hybridized carbons (Fsp3) is 0.722. The van der Waals surface area contributed by atoms with Crippen LogP contribution in [0, 0.1) is 11.8 Å². The van der Waals surface area contributed by atoms with E-state index in [9.17, 15) is 4.79 Å². The summed E-state index contributed by atoms with van der Waals surface area (Å²) in [5, 5.41) is 5.11. The van der Waals surface area contributed by atoms with E-state index in [1.54, 1.807) is 16.2 Å². The van der Waals surface area contributed by atoms with Crippen LogP contribution < -0.4 is 5.32 Å². The molecule has 0 bridgehead atoms. The van der Waals surface area contributed by atoms with Crippen LogP contribution in [0.1, 0.15) is 44.5 Å². The summed E-state index contributed by atoms with van der Waals surface area (Å²) in [6.07, 6.45) is 2.37. The Bertz CT molecular complexity index is 467. The molecule has 1 aliphatic rings. The molecule has 4 nitrogen and oxygen atoms in total. The van der Waals surface area contributed by atoms with E-state index >= 15 is 0 Å². The molecule has 0 aliphatic carbocycles. The molecule has 2 heterocycles. The van der Waals surface area contributed by atoms with E-state index in [4.69, 9.17) is 0 Å². The average Bonchev–Trinajstić information content (AvgIpc) is 3.03. The molecule has 1 fully saturated rings. The van der Waals surface area contributed by atoms with Crippen molar-refractivity contribution in [1.29, 1.82) is 0 Å². The molecule has 2 rings (SSSR count). The molecule has 1 aromatic heterocycles. The molecule has 1 N–H and O–H groups in total. The minimum Gasteiger partial charge on any atom is -0.338 e. The first-order chi connectivity index (χ1) is 11.0. The highest BCUT2D eigenvalue weighted by Crippen LogP contribution is 2.23. The molecule has 1 saturated heterocycles. The zero-order valence-corrected chi connectivity index (χ0v) is 15.7. The lowest BCUT2D eigenvalue weighted by molar-refractivity contribution is 0.139. The van der Waals surface area contributed by atoms with Crippen LogP contribution in [0.2, 0.25) is 0 Å². The number of amides is 2. The zero-order chi connectivity index (χ0) is 16.8. The van der Waals surface area contributed by atoms with Gasteiger partial charge in [-0.1, -0.05) is 19.9 Å². The predicted molar refractivity (Wildman–Crippen MR) is 97.9 cm³/mol. The molecule has 0 radical (unpaired) electrons. The number of carbonyl (C=O) groups excluding carboxylic acids is 1. The van der Waals surface area contributed by atoms with Gasteiger partial charge in [-0.15, -0.1) is 11.3 Å². The maximum Gasteiger partial charge on any atom is 0.317 e. The van der Waals surface area contributed by atoms with Gasteiger partial charge in [-0.25, -0.2) is 4.79 Å². The minimum absolute atomic E-state index is 0.0197. The fourth-order valence-electron chi connectivity index (χ4n) is 3.49. The molecule has 3 unspecified atom stereocenters. The average molecular weight is 338 g/mol. The lowest BCUT2D eigenvalue weighted by Crippen LogP contribution is -2.42. The summed E-state index contributed by atoms with van der Waals surface area (Å²) >= 11 is 1.70. The van der Waals surface area contributed by atoms with Gasteiger partial charge in [-0.2, -0.15) is 0 Å². The molecular formula is C18H31N3OS. The maximum absolute atomic E-state index is 12.2. The van der Waals surface area contributed by atoms with Crippen LogP contribution in [0.3, 0.4) is 0 Å². The number of thiophene rings is 1. The highest BCUT2D eigenvalue weighted by molar-refractivity contribution is 7.10. The highest BCUT2D eigenvalue weighted by atomic mass is 32.1. The summed E-state index contributed by atoms with van der Waals surface area (Å²) in [6, 6.07) is 4.26. The fourth-order valence-corrected chi connectivity index (χ4v) is 4.32. The van der Waals surface area contributed by atoms with E-state index in [0.29, 0.717) is 0 Å². The molecule has 1 aliphatic heterocycles. The summed E-state index contributed by atoms with van der Waals surface area (Å²) in [4.78, 5) is 17.8. The van der Waals surface area contributed by atoms with Crippen molar-refractivity contribution in [3.05, 3.63) is 22.4 Å². The second-order valence-electron chi connectivity index (χ2n) is 7.09. The van der Waals surface area contributed by atoms with Gasteiger partial charge in [0.25, 0.3) is 0 Å². The van der Waals surface area contributed by atoms with Crippen molar-refractivity contribution < 1.29 is 4.79 Å². The number of rotatable bonds is 6. The van der Waals surface area contributed by atoms with Gasteiger partial charge in [-0.3, -0.25) is 0 Å². The van der Waals surface area contributed by atoms with Crippen LogP contribution in [0.4, 0.5) is 4.79 Å². The van der Waals surface area contributed by atoms with Crippen LogP contribution in [0.25, 0.3) is 0 Å². The van der Waals surface area contributed by atoms with E-state index in [2.05, 4.69) is 42.4 Å². The van der Waals surface area contributed by atoms with Gasteiger partial charge in [0.2, 0.25) is 0 Å². The van der Waals surface area contributed by atoms with Gasteiger partial charge in [0.05, 0.1) is 6.04 Å². The lowest BCUT2D eigenvalue weighted by atomic mass is 9.92. The van der Waals surface area contributed by atoms with Crippen molar-refractivity contribution in [1.82, 2.24) is 15.1 Å². The Balaban J connectivity index is 1.66. The van der Waals surface area contributed by atoms with Crippen LogP contribution in [0.15, 0.2) is 17.5 Å². The Kier molecular flexibility index (Phi) is 6.90. The summed E-state index contributed by atoms with van der Waals surface area (Å²) in [7, 11) is 1.87. The van der Waals surface area contributed by atoms with Crippen LogP contribution in [-0.4, -0.2) is 49.1 Å². The Hall–Kier alpha value is -1.07. The first-order valence-electron chi connectivity index (χ1n) is 8.73. The standard InChI is InChI=1S/C18H31N3OS/c1-14-11-15(2)13-21(12-14)9-6-8-19-18(22)20(4)16(3)17-7-5-10-23-17/h5,7,10,14-16H,6,8-9,11-13H2,1-4H3,(H,19,22). The molecule has 0 spiro atoms. The highest BCUT2D eigenvalue weighted by Gasteiger charge is 2.21. The van der Waals surface area contributed by atoms with Crippen molar-refractivity contribution in [3.63, 3.8) is 0 Å². The summed E-state index contributed by atoms with van der Waals surface area (Å²) < 4.78 is 0. The maximum atomic E-state index is 12.2. The third kappa shape index (κ3) is 5.50. The first kappa shape index (κ1) is 18.3. The molecule has 130 valence electrons. The van der Waals surface area contributed by atoms with E-state index < -0.39 is 0 Å². The molecule has 0 aromatic carbocycles. The Morgan fingerprint density at radius 3 is 2.74 bits per heavy atom. The SMILES string of the molecule is CC1CC(C)CN(CCCNC(=O)N(C)C(C)c2cccs2)C1. The Labute approximate surface area is 144 Å². The van der Waals surface area contributed by atoms with Gasteiger partial charge < -0.3 is 15.1 Å². The monoisotopic (exact) mass is 337 g/mol. The van der Waals surface area contributed by atoms with Crippen LogP contribution >= 0.6 is 11.3 Å². The normalized spacial score (nSPS) is 23.5. The van der Waals surface area contributed by atoms with E-state index in [1.165, 1.54) is 24.4 Å². The number of piperidine rings is 1. The minimum atomic E-state index is 0.0197. The van der Waals surface area contributed by atoms with E-state index in [0.717, 1.165) is 31.3 Å². The molecule has 1 aromatic rings. The van der Waals surface area contributed by atoms with Crippen LogP contribution in [0.5, 0.6) is 0 Å². The van der Waals surface area contributed by atoms with Gasteiger partial charge >= 0.3 is 6.03 Å². The second kappa shape index (κ2) is 8.69. The number of urea groups is 1. The van der Waals surface area contributed by atoms with Crippen molar-refractivity contribution in [2.24, 2.45) is 11.8 Å². The third-order valence-electron chi connectivity index (χ3n) is 4.73. The number of likely N-dealkylation sites (tertiary alicyclic amines) is 1. The molecular weight excluding hydrogens is 306 g/mol. The van der Waals surface area contributed by atoms with Gasteiger partial charge in [0, 0.05) is 31.6 Å². The largest absolute Gasteiger partial charge is 0.338 e. The molecule has 23 heavy (non-hydrogen) atoms. The van der Waals surface area contributed by atoms with Crippen molar-refractivity contribution >= 4 is 17.4 Å². The first-order valence-corrected chi connectivity index (χ1v) is 9.61. The summed E-state index contributed by atoms with van der Waals surface area (Å²) in [5.74, 6) is 1.59. The molecule has 3 atom stereocenters. The third-order valence-corrected chi connectivity index (χ3v) is 5.77. The van der Waals surface area contributed by atoms with Crippen molar-refractivity contribution in [3.8, 4) is 0 Å². The Morgan fingerprint density at radius 1 is 1.43 bits per heavy atom. The molecule has 0 saturated carbocycles. The second-order valence-corrected chi connectivity index (χ2v) is 8.07. The number of hydrogen-bond acceptors (Lipinski definition) is 3. The Morgan fingerprint density at radius 2 is 2.13 bits per heavy atom. The number of carbonyl (C=O) groups is 1. The van der Waals surface area contributed by atoms with Crippen molar-refractivity contribution in [2.75, 3.05) is 33.2 Å². The quantitative estimate of drug-likeness (QED) is 0.801. The lowest BCUT2D eigenvalue weighted by Gasteiger charge is -2.35. The predicted octanol–water partition coefficient (Wildman–Crippen LogP) is 3.82. The molecule has 2 amide bonds. The summed E-state index contributed by atoms with van der Waals surface area (Å²) in [6.45, 7) is 11.0. The number of hydrogen-bond donors (Lipinski definition) is 1. The van der Waals surface area contributed by atoms with Crippen molar-refractivity contribution in [2.45, 2.75) is 39.7 Å². The zero-order valence-electron chi connectivity index (χ0n) is 14.9. The van der Waals surface area contributed by atoms with E-state index in [1.807, 2.05) is 13.1 Å². The topological polar surface area (TPSA) is 35.6 Å². The van der Waals surface area contributed by atoms with E-state index in [-0.39, 0.29) is 12.1 Å². The van der Waals surface area contributed by atoms with Gasteiger partial charge in [0.1, 0.15) is 0 Å². The number of nitrogens with one attached hydrogen (secondary N) is 1. The number of nitrogens with zero attached hydrogens (tertiary/aromatic N) is 2. The molecule has 5 heteroatoms. The van der Waals surface area contributed by atoms with Gasteiger partial charge in [0.15, 0.2) is 0 Å². The summed E-state index contributed by atoms with van der Waals surface area (Å²) in [5.41, 5.74) is 0.